The third kappa shape index (κ3) is 6.29. The molecular weight excluding hydrogens is 506 g/mol. The molecule has 2 aliphatic heterocycles. The maximum absolute atomic E-state index is 13.8. The molecule has 2 aliphatic rings. The molecule has 2 aromatic carbocycles. The predicted molar refractivity (Wildman–Crippen MR) is 144 cm³/mol. The van der Waals surface area contributed by atoms with Gasteiger partial charge in [0.2, 0.25) is 29.0 Å². The van der Waals surface area contributed by atoms with Gasteiger partial charge in [0.15, 0.2) is 0 Å². The van der Waals surface area contributed by atoms with Gasteiger partial charge >= 0.3 is 0 Å². The van der Waals surface area contributed by atoms with Gasteiger partial charge in [-0.05, 0) is 44.4 Å². The highest BCUT2D eigenvalue weighted by molar-refractivity contribution is 7.76. The summed E-state index contributed by atoms with van der Waals surface area (Å²) in [5, 5.41) is 8.72. The van der Waals surface area contributed by atoms with Gasteiger partial charge in [-0.1, -0.05) is 60.7 Å². The predicted octanol–water partition coefficient (Wildman–Crippen LogP) is 1.19. The van der Waals surface area contributed by atoms with E-state index < -0.39 is 47.2 Å². The lowest BCUT2D eigenvalue weighted by molar-refractivity contribution is -0.144. The minimum atomic E-state index is -2.29. The molecule has 2 saturated heterocycles. The zero-order valence-corrected chi connectivity index (χ0v) is 22.4. The van der Waals surface area contributed by atoms with Crippen LogP contribution in [-0.2, 0) is 25.7 Å². The molecule has 0 spiro atoms. The van der Waals surface area contributed by atoms with Crippen LogP contribution in [0.5, 0.6) is 0 Å². The van der Waals surface area contributed by atoms with E-state index in [0.717, 1.165) is 11.1 Å². The van der Waals surface area contributed by atoms with E-state index in [-0.39, 0.29) is 25.0 Å². The molecule has 5 atom stereocenters. The van der Waals surface area contributed by atoms with Crippen LogP contribution in [0.15, 0.2) is 60.7 Å². The molecule has 0 aromatic heterocycles. The number of rotatable bonds is 8. The van der Waals surface area contributed by atoms with Crippen molar-refractivity contribution in [1.82, 2.24) is 25.2 Å². The van der Waals surface area contributed by atoms with Gasteiger partial charge in [-0.15, -0.1) is 0 Å². The number of hydrogen-bond donors (Lipinski definition) is 4. The van der Waals surface area contributed by atoms with Crippen molar-refractivity contribution in [3.05, 3.63) is 71.8 Å². The summed E-state index contributed by atoms with van der Waals surface area (Å²) in [4.78, 5) is 41.8. The molecule has 11 heteroatoms. The molecular formula is C27H35N5O5S. The number of hydrogen-bond acceptors (Lipinski definition) is 5. The van der Waals surface area contributed by atoms with Crippen molar-refractivity contribution < 1.29 is 23.1 Å². The topological polar surface area (TPSA) is 131 Å². The molecule has 4 N–H and O–H groups in total. The Bertz CT molecular complexity index is 1110. The van der Waals surface area contributed by atoms with E-state index in [1.807, 2.05) is 60.7 Å². The molecule has 4 rings (SSSR count). The SMILES string of the molecule is CN[C@@H](C)C(=O)N[C@H]1CN(S(=O)O)CC[C@H]2CC[C@@H](C(=O)NC(c3ccccc3)c3ccccc3)N2C1=O. The molecule has 2 aromatic rings. The zero-order chi connectivity index (χ0) is 27.2. The van der Waals surface area contributed by atoms with Crippen molar-refractivity contribution in [2.75, 3.05) is 20.1 Å². The van der Waals surface area contributed by atoms with Crippen molar-refractivity contribution in [1.29, 1.82) is 0 Å². The third-order valence-corrected chi connectivity index (χ3v) is 8.15. The first-order valence-electron chi connectivity index (χ1n) is 12.9. The van der Waals surface area contributed by atoms with Crippen molar-refractivity contribution in [2.24, 2.45) is 0 Å². The molecule has 10 nitrogen and oxygen atoms in total. The quantitative estimate of drug-likeness (QED) is 0.372. The van der Waals surface area contributed by atoms with Crippen molar-refractivity contribution in [2.45, 2.75) is 56.4 Å². The Morgan fingerprint density at radius 3 is 2.16 bits per heavy atom. The van der Waals surface area contributed by atoms with E-state index in [2.05, 4.69) is 16.0 Å². The summed E-state index contributed by atoms with van der Waals surface area (Å²) >= 11 is -2.29. The van der Waals surface area contributed by atoms with Gasteiger partial charge < -0.3 is 20.9 Å². The summed E-state index contributed by atoms with van der Waals surface area (Å²) in [7, 11) is 1.63. The highest BCUT2D eigenvalue weighted by Gasteiger charge is 2.46. The van der Waals surface area contributed by atoms with Gasteiger partial charge in [0.1, 0.15) is 12.1 Å². The van der Waals surface area contributed by atoms with Gasteiger partial charge in [-0.3, -0.25) is 18.9 Å². The summed E-state index contributed by atoms with van der Waals surface area (Å²) in [6.45, 7) is 1.79. The van der Waals surface area contributed by atoms with Crippen LogP contribution in [-0.4, -0.2) is 80.0 Å². The largest absolute Gasteiger partial charge is 0.343 e. The highest BCUT2D eigenvalue weighted by Crippen LogP contribution is 2.31. The molecule has 1 unspecified atom stereocenters. The number of nitrogens with zero attached hydrogens (tertiary/aromatic N) is 2. The standard InChI is InChI=1S/C27H35N5O5S/c1-18(28-2)25(33)29-22-17-31(38(36)37)16-15-21-13-14-23(32(21)27(22)35)26(34)30-24(19-9-5-3-6-10-19)20-11-7-4-8-12-20/h3-12,18,21-24,28H,13-17H2,1-2H3,(H,29,33)(H,30,34)(H,36,37)/t18-,21+,22-,23-/m0/s1. The van der Waals surface area contributed by atoms with E-state index in [4.69, 9.17) is 0 Å². The minimum absolute atomic E-state index is 0.127. The van der Waals surface area contributed by atoms with E-state index >= 15 is 0 Å². The molecule has 0 aliphatic carbocycles. The Morgan fingerprint density at radius 2 is 1.61 bits per heavy atom. The van der Waals surface area contributed by atoms with Gasteiger partial charge in [-0.2, -0.15) is 4.31 Å². The lowest BCUT2D eigenvalue weighted by atomic mass is 9.98. The van der Waals surface area contributed by atoms with Gasteiger partial charge in [0.25, 0.3) is 0 Å². The normalized spacial score (nSPS) is 23.7. The molecule has 2 fully saturated rings. The fourth-order valence-electron chi connectivity index (χ4n) is 5.17. The van der Waals surface area contributed by atoms with Crippen LogP contribution in [0.2, 0.25) is 0 Å². The van der Waals surface area contributed by atoms with E-state index in [0.29, 0.717) is 19.3 Å². The molecule has 0 saturated carbocycles. The number of amides is 3. The van der Waals surface area contributed by atoms with Crippen LogP contribution >= 0.6 is 0 Å². The number of benzene rings is 2. The Morgan fingerprint density at radius 1 is 1.00 bits per heavy atom. The smallest absolute Gasteiger partial charge is 0.247 e. The first-order chi connectivity index (χ1) is 18.3. The maximum atomic E-state index is 13.8. The highest BCUT2D eigenvalue weighted by atomic mass is 32.2. The van der Waals surface area contributed by atoms with Crippen molar-refractivity contribution >= 4 is 29.0 Å². The van der Waals surface area contributed by atoms with Crippen LogP contribution in [0.4, 0.5) is 0 Å². The minimum Gasteiger partial charge on any atom is -0.343 e. The molecule has 38 heavy (non-hydrogen) atoms. The maximum Gasteiger partial charge on any atom is 0.247 e. The van der Waals surface area contributed by atoms with E-state index in [1.54, 1.807) is 18.9 Å². The Labute approximate surface area is 225 Å². The van der Waals surface area contributed by atoms with Crippen LogP contribution < -0.4 is 16.0 Å². The number of likely N-dealkylation sites (N-methyl/N-ethyl adjacent to an activating group) is 1. The van der Waals surface area contributed by atoms with E-state index in [9.17, 15) is 23.1 Å². The molecule has 0 bridgehead atoms. The molecule has 204 valence electrons. The van der Waals surface area contributed by atoms with Crippen LogP contribution in [0.3, 0.4) is 0 Å². The van der Waals surface area contributed by atoms with Crippen LogP contribution in [0.1, 0.15) is 43.4 Å². The molecule has 2 heterocycles. The monoisotopic (exact) mass is 541 g/mol. The molecule has 0 radical (unpaired) electrons. The fraction of sp³-hybridized carbons (Fsp3) is 0.444. The summed E-state index contributed by atoms with van der Waals surface area (Å²) in [6.07, 6.45) is 1.51. The summed E-state index contributed by atoms with van der Waals surface area (Å²) in [5.74, 6) is -1.09. The number of carbonyl (C=O) groups excluding carboxylic acids is 3. The van der Waals surface area contributed by atoms with Crippen molar-refractivity contribution in [3.63, 3.8) is 0 Å². The Hall–Kier alpha value is -3.12. The number of nitrogens with one attached hydrogen (secondary N) is 3. The summed E-state index contributed by atoms with van der Waals surface area (Å²) < 4.78 is 23.0. The summed E-state index contributed by atoms with van der Waals surface area (Å²) in [6, 6.07) is 16.3. The number of fused-ring (bicyclic) bond motifs is 1. The van der Waals surface area contributed by atoms with Gasteiger partial charge in [-0.25, -0.2) is 4.21 Å². The lowest BCUT2D eigenvalue weighted by Crippen LogP contribution is -2.62. The average molecular weight is 542 g/mol. The Kier molecular flexibility index (Phi) is 9.26. The van der Waals surface area contributed by atoms with Crippen LogP contribution in [0, 0.1) is 0 Å². The molecule has 3 amide bonds. The van der Waals surface area contributed by atoms with Crippen LogP contribution in [0.25, 0.3) is 0 Å². The van der Waals surface area contributed by atoms with E-state index in [1.165, 1.54) is 4.31 Å². The lowest BCUT2D eigenvalue weighted by Gasteiger charge is -2.38. The second-order valence-electron chi connectivity index (χ2n) is 9.73. The van der Waals surface area contributed by atoms with Gasteiger partial charge in [0.05, 0.1) is 12.1 Å². The zero-order valence-electron chi connectivity index (χ0n) is 21.6. The Balaban J connectivity index is 1.60. The van der Waals surface area contributed by atoms with Gasteiger partial charge in [0, 0.05) is 19.1 Å². The first-order valence-corrected chi connectivity index (χ1v) is 13.9. The second-order valence-corrected chi connectivity index (χ2v) is 10.7. The van der Waals surface area contributed by atoms with Crippen molar-refractivity contribution in [3.8, 4) is 0 Å². The summed E-state index contributed by atoms with van der Waals surface area (Å²) in [5.41, 5.74) is 1.85. The second kappa shape index (κ2) is 12.6. The first kappa shape index (κ1) is 27.9. The third-order valence-electron chi connectivity index (χ3n) is 7.37. The average Bonchev–Trinajstić information content (AvgIpc) is 3.35. The fourth-order valence-corrected chi connectivity index (χ4v) is 5.71. The number of carbonyl (C=O) groups is 3.